The van der Waals surface area contributed by atoms with Gasteiger partial charge in [-0.15, -0.1) is 0 Å². The van der Waals surface area contributed by atoms with E-state index in [2.05, 4.69) is 42.5 Å². The SMILES string of the molecule is c1ccc(-c2nc(-c3ccc(-c4cccc5oc6ccccc6c45)c4c3oc3ccccc34)nc(-c3cccc4oc5ccccc5c34)n2)cc1. The third kappa shape index (κ3) is 4.20. The number of aromatic nitrogens is 3. The van der Waals surface area contributed by atoms with Crippen molar-refractivity contribution in [3.63, 3.8) is 0 Å². The molecule has 0 aliphatic heterocycles. The summed E-state index contributed by atoms with van der Waals surface area (Å²) in [6, 6.07) is 50.9. The van der Waals surface area contributed by atoms with Crippen LogP contribution in [0, 0.1) is 0 Å². The first-order valence-corrected chi connectivity index (χ1v) is 16.9. The van der Waals surface area contributed by atoms with Crippen LogP contribution in [-0.4, -0.2) is 15.0 Å². The number of nitrogens with zero attached hydrogens (tertiary/aromatic N) is 3. The van der Waals surface area contributed by atoms with E-state index in [1.165, 1.54) is 0 Å². The second-order valence-electron chi connectivity index (χ2n) is 12.7. The summed E-state index contributed by atoms with van der Waals surface area (Å²) in [6.45, 7) is 0. The Kier molecular flexibility index (Phi) is 5.86. The van der Waals surface area contributed by atoms with Gasteiger partial charge in [0.2, 0.25) is 0 Å². The Labute approximate surface area is 290 Å². The molecule has 6 nitrogen and oxygen atoms in total. The predicted octanol–water partition coefficient (Wildman–Crippen LogP) is 12.2. The Hall–Kier alpha value is -7.05. The molecule has 4 heterocycles. The van der Waals surface area contributed by atoms with Crippen molar-refractivity contribution in [2.75, 3.05) is 0 Å². The number of rotatable bonds is 4. The summed E-state index contributed by atoms with van der Waals surface area (Å²) in [5.74, 6) is 1.65. The smallest absolute Gasteiger partial charge is 0.167 e. The molecule has 0 radical (unpaired) electrons. The number of furan rings is 3. The van der Waals surface area contributed by atoms with Crippen LogP contribution in [-0.2, 0) is 0 Å². The lowest BCUT2D eigenvalue weighted by Crippen LogP contribution is -2.00. The van der Waals surface area contributed by atoms with Crippen molar-refractivity contribution in [1.29, 1.82) is 0 Å². The minimum atomic E-state index is 0.520. The molecule has 0 amide bonds. The maximum absolute atomic E-state index is 6.75. The summed E-state index contributed by atoms with van der Waals surface area (Å²) in [7, 11) is 0. The first kappa shape index (κ1) is 27.9. The fraction of sp³-hybridized carbons (Fsp3) is 0. The van der Waals surface area contributed by atoms with Crippen molar-refractivity contribution in [2.45, 2.75) is 0 Å². The average Bonchev–Trinajstić information content (AvgIpc) is 3.89. The average molecular weight is 656 g/mol. The molecule has 11 rings (SSSR count). The van der Waals surface area contributed by atoms with Crippen molar-refractivity contribution < 1.29 is 13.3 Å². The lowest BCUT2D eigenvalue weighted by atomic mass is 9.94. The zero-order valence-electron chi connectivity index (χ0n) is 27.0. The molecular formula is C45H25N3O3. The highest BCUT2D eigenvalue weighted by Gasteiger charge is 2.23. The first-order valence-electron chi connectivity index (χ1n) is 16.9. The van der Waals surface area contributed by atoms with E-state index in [0.717, 1.165) is 88.0 Å². The molecule has 0 saturated carbocycles. The van der Waals surface area contributed by atoms with Crippen molar-refractivity contribution in [1.82, 2.24) is 15.0 Å². The van der Waals surface area contributed by atoms with E-state index in [-0.39, 0.29) is 0 Å². The molecule has 0 unspecified atom stereocenters. The van der Waals surface area contributed by atoms with Gasteiger partial charge in [-0.2, -0.15) is 0 Å². The predicted molar refractivity (Wildman–Crippen MR) is 203 cm³/mol. The van der Waals surface area contributed by atoms with E-state index in [4.69, 9.17) is 28.2 Å². The summed E-state index contributed by atoms with van der Waals surface area (Å²) in [5, 5.41) is 6.13. The minimum absolute atomic E-state index is 0.520. The van der Waals surface area contributed by atoms with Gasteiger partial charge in [-0.3, -0.25) is 0 Å². The molecule has 7 aromatic carbocycles. The summed E-state index contributed by atoms with van der Waals surface area (Å²) in [6.07, 6.45) is 0. The van der Waals surface area contributed by atoms with Gasteiger partial charge in [0, 0.05) is 43.4 Å². The summed E-state index contributed by atoms with van der Waals surface area (Å²) in [5.41, 5.74) is 9.45. The Bertz CT molecular complexity index is 3150. The Balaban J connectivity index is 1.21. The van der Waals surface area contributed by atoms with E-state index in [9.17, 15) is 0 Å². The van der Waals surface area contributed by atoms with Crippen LogP contribution in [0.25, 0.3) is 111 Å². The monoisotopic (exact) mass is 655 g/mol. The van der Waals surface area contributed by atoms with Crippen molar-refractivity contribution >= 4 is 65.8 Å². The Morgan fingerprint density at radius 3 is 1.41 bits per heavy atom. The van der Waals surface area contributed by atoms with Gasteiger partial charge in [0.15, 0.2) is 17.5 Å². The van der Waals surface area contributed by atoms with Gasteiger partial charge in [-0.05, 0) is 47.5 Å². The van der Waals surface area contributed by atoms with Crippen LogP contribution in [0.5, 0.6) is 0 Å². The Morgan fingerprint density at radius 1 is 0.294 bits per heavy atom. The second kappa shape index (κ2) is 10.7. The molecule has 0 atom stereocenters. The highest BCUT2D eigenvalue weighted by molar-refractivity contribution is 6.21. The van der Waals surface area contributed by atoms with Gasteiger partial charge in [-0.25, -0.2) is 15.0 Å². The van der Waals surface area contributed by atoms with Crippen molar-refractivity contribution in [2.24, 2.45) is 0 Å². The molecule has 0 aliphatic rings. The zero-order chi connectivity index (χ0) is 33.5. The standard InChI is InChI=1S/C45H25N3O3/c1-2-12-26(13-3-1)43-46-44(32-18-11-23-38-40(32)30-15-5-8-20-35(30)50-38)48-45(47-43)33-25-24-28(41-31-16-6-9-21-36(31)51-42(33)41)27-17-10-22-37-39(27)29-14-4-7-19-34(29)49-37/h1-25H. The molecule has 0 saturated heterocycles. The number of para-hydroxylation sites is 3. The summed E-state index contributed by atoms with van der Waals surface area (Å²) >= 11 is 0. The van der Waals surface area contributed by atoms with Crippen molar-refractivity contribution in [3.05, 3.63) is 152 Å². The third-order valence-corrected chi connectivity index (χ3v) is 9.77. The van der Waals surface area contributed by atoms with Crippen LogP contribution in [0.1, 0.15) is 0 Å². The quantitative estimate of drug-likeness (QED) is 0.188. The van der Waals surface area contributed by atoms with Gasteiger partial charge < -0.3 is 13.3 Å². The van der Waals surface area contributed by atoms with Gasteiger partial charge >= 0.3 is 0 Å². The van der Waals surface area contributed by atoms with Crippen molar-refractivity contribution in [3.8, 4) is 45.3 Å². The Morgan fingerprint density at radius 2 is 0.745 bits per heavy atom. The van der Waals surface area contributed by atoms with Crippen LogP contribution < -0.4 is 0 Å². The van der Waals surface area contributed by atoms with Crippen LogP contribution in [0.3, 0.4) is 0 Å². The molecule has 0 fully saturated rings. The van der Waals surface area contributed by atoms with E-state index in [1.54, 1.807) is 0 Å². The molecule has 0 bridgehead atoms. The largest absolute Gasteiger partial charge is 0.456 e. The fourth-order valence-electron chi connectivity index (χ4n) is 7.52. The molecule has 0 aliphatic carbocycles. The molecule has 0 N–H and O–H groups in total. The van der Waals surface area contributed by atoms with E-state index < -0.39 is 0 Å². The second-order valence-corrected chi connectivity index (χ2v) is 12.7. The highest BCUT2D eigenvalue weighted by atomic mass is 16.3. The lowest BCUT2D eigenvalue weighted by Gasteiger charge is -2.11. The maximum atomic E-state index is 6.75. The van der Waals surface area contributed by atoms with Crippen LogP contribution in [0.4, 0.5) is 0 Å². The van der Waals surface area contributed by atoms with Crippen LogP contribution >= 0.6 is 0 Å². The van der Waals surface area contributed by atoms with Crippen LogP contribution in [0.15, 0.2) is 165 Å². The van der Waals surface area contributed by atoms with E-state index in [0.29, 0.717) is 23.1 Å². The van der Waals surface area contributed by atoms with Gasteiger partial charge in [0.25, 0.3) is 0 Å². The number of hydrogen-bond acceptors (Lipinski definition) is 6. The maximum Gasteiger partial charge on any atom is 0.167 e. The molecule has 238 valence electrons. The lowest BCUT2D eigenvalue weighted by molar-refractivity contribution is 0.668. The summed E-state index contributed by atoms with van der Waals surface area (Å²) in [4.78, 5) is 15.4. The number of benzene rings is 7. The third-order valence-electron chi connectivity index (χ3n) is 9.77. The van der Waals surface area contributed by atoms with E-state index in [1.807, 2.05) is 109 Å². The molecule has 6 heteroatoms. The minimum Gasteiger partial charge on any atom is -0.456 e. The number of fused-ring (bicyclic) bond motifs is 9. The van der Waals surface area contributed by atoms with Gasteiger partial charge in [0.05, 0.1) is 5.56 Å². The summed E-state index contributed by atoms with van der Waals surface area (Å²) < 4.78 is 19.3. The van der Waals surface area contributed by atoms with E-state index >= 15 is 0 Å². The topological polar surface area (TPSA) is 78.1 Å². The fourth-order valence-corrected chi connectivity index (χ4v) is 7.52. The molecule has 51 heavy (non-hydrogen) atoms. The van der Waals surface area contributed by atoms with Gasteiger partial charge in [0.1, 0.15) is 33.5 Å². The normalized spacial score (nSPS) is 11.9. The molecule has 11 aromatic rings. The van der Waals surface area contributed by atoms with Crippen LogP contribution in [0.2, 0.25) is 0 Å². The van der Waals surface area contributed by atoms with Gasteiger partial charge in [-0.1, -0.05) is 115 Å². The molecule has 4 aromatic heterocycles. The first-order chi connectivity index (χ1) is 25.3. The number of hydrogen-bond donors (Lipinski definition) is 0. The zero-order valence-corrected chi connectivity index (χ0v) is 27.0. The molecule has 0 spiro atoms. The molecular weight excluding hydrogens is 631 g/mol. The highest BCUT2D eigenvalue weighted by Crippen LogP contribution is 2.45.